The molecule has 0 radical (unpaired) electrons. The third-order valence-electron chi connectivity index (χ3n) is 10.6. The van der Waals surface area contributed by atoms with Crippen molar-refractivity contribution in [3.8, 4) is 0 Å². The molecule has 2 heterocycles. The Kier molecular flexibility index (Phi) is 10.8. The van der Waals surface area contributed by atoms with Gasteiger partial charge in [-0.05, 0) is 107 Å². The number of likely N-dealkylation sites (tertiary alicyclic amines) is 1. The van der Waals surface area contributed by atoms with E-state index in [0.717, 1.165) is 63.7 Å². The standard InChI is InChI=1S/C33H50ClN7O2/c1-39(2)30(31(35)42)25-10-14-28(15-11-25)38-29(20-24-8-12-27(34)13-9-24)32(43)40-18-16-33(17-19-40,21-41-23-36-22-37-41)26-6-4-3-5-7-26/h8-9,12-13,22-23,25-26,28-30,38H,3-7,10-11,14-21H2,1-2H3,(H2,35,42)/t25?,28?,29-,30+/m1/s1. The summed E-state index contributed by atoms with van der Waals surface area (Å²) in [5.41, 5.74) is 7.00. The molecule has 236 valence electrons. The second kappa shape index (κ2) is 14.5. The van der Waals surface area contributed by atoms with Gasteiger partial charge in [0.1, 0.15) is 12.7 Å². The predicted molar refractivity (Wildman–Crippen MR) is 169 cm³/mol. The van der Waals surface area contributed by atoms with Gasteiger partial charge in [-0.2, -0.15) is 5.10 Å². The molecule has 2 saturated carbocycles. The molecule has 2 atom stereocenters. The summed E-state index contributed by atoms with van der Waals surface area (Å²) in [4.78, 5) is 34.6. The Morgan fingerprint density at radius 2 is 1.72 bits per heavy atom. The number of rotatable bonds is 11. The normalized spacial score (nSPS) is 24.5. The largest absolute Gasteiger partial charge is 0.368 e. The van der Waals surface area contributed by atoms with Crippen molar-refractivity contribution in [2.45, 2.75) is 102 Å². The van der Waals surface area contributed by atoms with E-state index in [0.29, 0.717) is 17.4 Å². The van der Waals surface area contributed by atoms with E-state index in [1.54, 1.807) is 6.33 Å². The number of benzene rings is 1. The summed E-state index contributed by atoms with van der Waals surface area (Å²) < 4.78 is 2.01. The van der Waals surface area contributed by atoms with Gasteiger partial charge < -0.3 is 16.0 Å². The van der Waals surface area contributed by atoms with Crippen molar-refractivity contribution in [2.75, 3.05) is 27.2 Å². The highest BCUT2D eigenvalue weighted by molar-refractivity contribution is 6.30. The molecule has 5 rings (SSSR count). The van der Waals surface area contributed by atoms with Crippen LogP contribution in [0.4, 0.5) is 0 Å². The number of piperidine rings is 1. The van der Waals surface area contributed by atoms with Crippen molar-refractivity contribution in [1.29, 1.82) is 0 Å². The van der Waals surface area contributed by atoms with Gasteiger partial charge in [-0.3, -0.25) is 19.2 Å². The van der Waals surface area contributed by atoms with Crippen molar-refractivity contribution in [3.63, 3.8) is 0 Å². The maximum Gasteiger partial charge on any atom is 0.240 e. The van der Waals surface area contributed by atoms with Gasteiger partial charge in [-0.25, -0.2) is 4.98 Å². The molecule has 3 aliphatic rings. The summed E-state index contributed by atoms with van der Waals surface area (Å²) in [5, 5.41) is 8.94. The monoisotopic (exact) mass is 611 g/mol. The number of nitrogens with one attached hydrogen (secondary N) is 1. The van der Waals surface area contributed by atoms with E-state index in [1.165, 1.54) is 32.1 Å². The maximum atomic E-state index is 14.2. The summed E-state index contributed by atoms with van der Waals surface area (Å²) in [7, 11) is 3.85. The minimum absolute atomic E-state index is 0.159. The van der Waals surface area contributed by atoms with Crippen LogP contribution in [-0.4, -0.2) is 81.7 Å². The number of likely N-dealkylation sites (N-methyl/N-ethyl adjacent to an activating group) is 1. The molecule has 2 aliphatic carbocycles. The summed E-state index contributed by atoms with van der Waals surface area (Å²) in [5.74, 6) is 0.858. The molecule has 1 saturated heterocycles. The van der Waals surface area contributed by atoms with Gasteiger partial charge in [0.05, 0.1) is 12.1 Å². The Balaban J connectivity index is 1.26. The molecule has 1 aliphatic heterocycles. The SMILES string of the molecule is CN(C)[C@H](C(N)=O)C1CCC(N[C@H](Cc2ccc(Cl)cc2)C(=O)N2CCC(Cn3cncn3)(C3CCCCC3)CC2)CC1. The van der Waals surface area contributed by atoms with Gasteiger partial charge in [-0.1, -0.05) is 43.0 Å². The summed E-state index contributed by atoms with van der Waals surface area (Å²) >= 11 is 6.18. The van der Waals surface area contributed by atoms with E-state index in [4.69, 9.17) is 17.3 Å². The highest BCUT2D eigenvalue weighted by atomic mass is 35.5. The van der Waals surface area contributed by atoms with Gasteiger partial charge >= 0.3 is 0 Å². The molecule has 3 fully saturated rings. The van der Waals surface area contributed by atoms with Crippen molar-refractivity contribution in [1.82, 2.24) is 29.9 Å². The predicted octanol–water partition coefficient (Wildman–Crippen LogP) is 4.30. The van der Waals surface area contributed by atoms with Crippen LogP contribution in [0, 0.1) is 17.3 Å². The van der Waals surface area contributed by atoms with Gasteiger partial charge in [0.25, 0.3) is 0 Å². The Bertz CT molecular complexity index is 1170. The van der Waals surface area contributed by atoms with Crippen molar-refractivity contribution in [2.24, 2.45) is 23.0 Å². The molecule has 43 heavy (non-hydrogen) atoms. The number of aromatic nitrogens is 3. The lowest BCUT2D eigenvalue weighted by molar-refractivity contribution is -0.137. The first-order chi connectivity index (χ1) is 20.7. The third-order valence-corrected chi connectivity index (χ3v) is 10.9. The molecule has 2 aromatic rings. The summed E-state index contributed by atoms with van der Waals surface area (Å²) in [6.45, 7) is 2.44. The minimum atomic E-state index is -0.305. The van der Waals surface area contributed by atoms with Crippen molar-refractivity contribution < 1.29 is 9.59 Å². The number of hydrogen-bond acceptors (Lipinski definition) is 6. The minimum Gasteiger partial charge on any atom is -0.368 e. The summed E-state index contributed by atoms with van der Waals surface area (Å²) in [6.07, 6.45) is 16.3. The smallest absolute Gasteiger partial charge is 0.240 e. The van der Waals surface area contributed by atoms with E-state index >= 15 is 0 Å². The number of carbonyl (C=O) groups is 2. The van der Waals surface area contributed by atoms with Crippen LogP contribution in [-0.2, 0) is 22.6 Å². The van der Waals surface area contributed by atoms with Crippen LogP contribution in [0.2, 0.25) is 5.02 Å². The third kappa shape index (κ3) is 7.97. The number of nitrogens with zero attached hydrogens (tertiary/aromatic N) is 5. The molecule has 1 aromatic heterocycles. The molecule has 10 heteroatoms. The fourth-order valence-electron chi connectivity index (χ4n) is 8.31. The molecule has 0 bridgehead atoms. The van der Waals surface area contributed by atoms with E-state index in [9.17, 15) is 9.59 Å². The fraction of sp³-hybridized carbons (Fsp3) is 0.697. The Morgan fingerprint density at radius 1 is 1.05 bits per heavy atom. The molecular formula is C33H50ClN7O2. The van der Waals surface area contributed by atoms with Crippen LogP contribution in [0.1, 0.15) is 76.2 Å². The van der Waals surface area contributed by atoms with E-state index in [1.807, 2.05) is 54.3 Å². The first kappa shape index (κ1) is 31.9. The molecular weight excluding hydrogens is 562 g/mol. The molecule has 9 nitrogen and oxygen atoms in total. The van der Waals surface area contributed by atoms with Crippen molar-refractivity contribution >= 4 is 23.4 Å². The molecule has 1 aromatic carbocycles. The number of halogens is 1. The summed E-state index contributed by atoms with van der Waals surface area (Å²) in [6, 6.07) is 7.53. The number of primary amides is 1. The van der Waals surface area contributed by atoms with Crippen LogP contribution in [0.25, 0.3) is 0 Å². The topological polar surface area (TPSA) is 109 Å². The lowest BCUT2D eigenvalue weighted by Gasteiger charge is -2.48. The second-order valence-corrected chi connectivity index (χ2v) is 14.0. The lowest BCUT2D eigenvalue weighted by Crippen LogP contribution is -2.56. The second-order valence-electron chi connectivity index (χ2n) is 13.6. The highest BCUT2D eigenvalue weighted by Gasteiger charge is 2.44. The average molecular weight is 612 g/mol. The highest BCUT2D eigenvalue weighted by Crippen LogP contribution is 2.47. The quantitative estimate of drug-likeness (QED) is 0.392. The van der Waals surface area contributed by atoms with Crippen molar-refractivity contribution in [3.05, 3.63) is 47.5 Å². The van der Waals surface area contributed by atoms with Crippen LogP contribution >= 0.6 is 11.6 Å². The van der Waals surface area contributed by atoms with Gasteiger partial charge in [0, 0.05) is 30.7 Å². The zero-order valence-electron chi connectivity index (χ0n) is 26.0. The first-order valence-electron chi connectivity index (χ1n) is 16.3. The number of hydrogen-bond donors (Lipinski definition) is 2. The van der Waals surface area contributed by atoms with Gasteiger partial charge in [-0.15, -0.1) is 0 Å². The molecule has 0 unspecified atom stereocenters. The van der Waals surface area contributed by atoms with Gasteiger partial charge in [0.15, 0.2) is 0 Å². The van der Waals surface area contributed by atoms with Crippen LogP contribution in [0.5, 0.6) is 0 Å². The van der Waals surface area contributed by atoms with E-state index in [-0.39, 0.29) is 41.3 Å². The zero-order valence-corrected chi connectivity index (χ0v) is 26.7. The van der Waals surface area contributed by atoms with Crippen LogP contribution in [0.3, 0.4) is 0 Å². The molecule has 0 spiro atoms. The van der Waals surface area contributed by atoms with Crippen LogP contribution in [0.15, 0.2) is 36.9 Å². The van der Waals surface area contributed by atoms with Crippen LogP contribution < -0.4 is 11.1 Å². The average Bonchev–Trinajstić information content (AvgIpc) is 3.52. The van der Waals surface area contributed by atoms with Gasteiger partial charge in [0.2, 0.25) is 11.8 Å². The molecule has 3 N–H and O–H groups in total. The maximum absolute atomic E-state index is 14.2. The van der Waals surface area contributed by atoms with E-state index in [2.05, 4.69) is 20.3 Å². The Labute approximate surface area is 261 Å². The lowest BCUT2D eigenvalue weighted by atomic mass is 9.63. The Morgan fingerprint density at radius 3 is 2.30 bits per heavy atom. The first-order valence-corrected chi connectivity index (χ1v) is 16.7. The number of nitrogens with two attached hydrogens (primary N) is 1. The van der Waals surface area contributed by atoms with E-state index < -0.39 is 0 Å². The zero-order chi connectivity index (χ0) is 30.4. The number of amides is 2. The fourth-order valence-corrected chi connectivity index (χ4v) is 8.43. The number of carbonyl (C=O) groups excluding carboxylic acids is 2. The Hall–Kier alpha value is -2.49. The molecule has 2 amide bonds.